The van der Waals surface area contributed by atoms with Crippen molar-refractivity contribution in [1.82, 2.24) is 9.99 Å². The van der Waals surface area contributed by atoms with E-state index in [4.69, 9.17) is 26.4 Å². The number of nitrogens with one attached hydrogen (secondary N) is 1. The molecule has 0 bridgehead atoms. The van der Waals surface area contributed by atoms with E-state index < -0.39 is 12.4 Å². The van der Waals surface area contributed by atoms with Crippen LogP contribution in [0.15, 0.2) is 5.10 Å². The first-order chi connectivity index (χ1) is 11.4. The standard InChI is InChI=1S/C14H23N3O5S2/c1-5-20-10(21-6-2)8-17-12(18)11(24-14(17)23)9(4)15-16-13(19)22-7-3/h10,18H,5-8H2,1-4H3,(H,16,19)/b15-9-. The number of amides is 1. The van der Waals surface area contributed by atoms with E-state index in [2.05, 4.69) is 10.5 Å². The fourth-order valence-corrected chi connectivity index (χ4v) is 3.06. The number of ether oxygens (including phenoxy) is 3. The van der Waals surface area contributed by atoms with Crippen LogP contribution in [0.4, 0.5) is 4.79 Å². The van der Waals surface area contributed by atoms with Crippen molar-refractivity contribution < 1.29 is 24.1 Å². The van der Waals surface area contributed by atoms with Crippen molar-refractivity contribution in [3.05, 3.63) is 8.83 Å². The van der Waals surface area contributed by atoms with Crippen LogP contribution in [0.1, 0.15) is 32.6 Å². The topological polar surface area (TPSA) is 94.3 Å². The summed E-state index contributed by atoms with van der Waals surface area (Å²) in [6.45, 7) is 8.56. The molecule has 0 radical (unpaired) electrons. The number of carbonyl (C=O) groups is 1. The first-order valence-corrected chi connectivity index (χ1v) is 8.80. The van der Waals surface area contributed by atoms with E-state index in [1.807, 2.05) is 13.8 Å². The van der Waals surface area contributed by atoms with Crippen molar-refractivity contribution in [1.29, 1.82) is 0 Å². The lowest BCUT2D eigenvalue weighted by Crippen LogP contribution is -2.23. The van der Waals surface area contributed by atoms with Gasteiger partial charge in [-0.2, -0.15) is 5.10 Å². The average molecular weight is 377 g/mol. The van der Waals surface area contributed by atoms with Gasteiger partial charge in [0.2, 0.25) is 5.88 Å². The van der Waals surface area contributed by atoms with Gasteiger partial charge in [-0.05, 0) is 39.9 Å². The molecule has 0 unspecified atom stereocenters. The van der Waals surface area contributed by atoms with E-state index in [0.717, 1.165) is 0 Å². The first kappa shape index (κ1) is 20.6. The number of thiazole rings is 1. The van der Waals surface area contributed by atoms with Crippen LogP contribution in [0.2, 0.25) is 0 Å². The summed E-state index contributed by atoms with van der Waals surface area (Å²) in [5.74, 6) is -0.0404. The largest absolute Gasteiger partial charge is 0.493 e. The fourth-order valence-electron chi connectivity index (χ4n) is 1.81. The lowest BCUT2D eigenvalue weighted by molar-refractivity contribution is -0.144. The van der Waals surface area contributed by atoms with Gasteiger partial charge in [0.25, 0.3) is 0 Å². The van der Waals surface area contributed by atoms with Crippen molar-refractivity contribution in [2.45, 2.75) is 40.5 Å². The van der Waals surface area contributed by atoms with Gasteiger partial charge in [-0.15, -0.1) is 0 Å². The summed E-state index contributed by atoms with van der Waals surface area (Å²) >= 11 is 6.47. The van der Waals surface area contributed by atoms with Crippen LogP contribution >= 0.6 is 23.6 Å². The predicted octanol–water partition coefficient (Wildman–Crippen LogP) is 2.85. The SMILES string of the molecule is CCOC(=O)N/N=C(/C)c1sc(=S)n(CC(OCC)OCC)c1O. The van der Waals surface area contributed by atoms with Gasteiger partial charge >= 0.3 is 6.09 Å². The van der Waals surface area contributed by atoms with Crippen LogP contribution in [0, 0.1) is 3.95 Å². The number of carbonyl (C=O) groups excluding carboxylic acids is 1. The maximum absolute atomic E-state index is 11.3. The summed E-state index contributed by atoms with van der Waals surface area (Å²) in [7, 11) is 0. The number of hydrogen-bond acceptors (Lipinski definition) is 8. The summed E-state index contributed by atoms with van der Waals surface area (Å²) in [5.41, 5.74) is 2.67. The number of nitrogens with zero attached hydrogens (tertiary/aromatic N) is 2. The maximum Gasteiger partial charge on any atom is 0.427 e. The second-order valence-corrected chi connectivity index (χ2v) is 6.15. The van der Waals surface area contributed by atoms with Crippen molar-refractivity contribution in [3.8, 4) is 5.88 Å². The molecule has 0 saturated carbocycles. The molecule has 1 aromatic heterocycles. The van der Waals surface area contributed by atoms with E-state index in [1.165, 1.54) is 15.9 Å². The molecular weight excluding hydrogens is 354 g/mol. The van der Waals surface area contributed by atoms with Crippen LogP contribution < -0.4 is 5.43 Å². The van der Waals surface area contributed by atoms with Crippen LogP contribution in [-0.2, 0) is 20.8 Å². The summed E-state index contributed by atoms with van der Waals surface area (Å²) < 4.78 is 17.6. The third-order valence-electron chi connectivity index (χ3n) is 2.82. The average Bonchev–Trinajstić information content (AvgIpc) is 2.81. The molecular formula is C14H23N3O5S2. The molecule has 1 amide bonds. The molecule has 1 aromatic rings. The number of hydrogen-bond donors (Lipinski definition) is 2. The van der Waals surface area contributed by atoms with Crippen LogP contribution in [-0.4, -0.2) is 47.6 Å². The zero-order chi connectivity index (χ0) is 18.1. The highest BCUT2D eigenvalue weighted by molar-refractivity contribution is 7.73. The molecule has 10 heteroatoms. The van der Waals surface area contributed by atoms with Gasteiger partial charge in [0.05, 0.1) is 18.9 Å². The Morgan fingerprint density at radius 3 is 2.50 bits per heavy atom. The van der Waals surface area contributed by atoms with Crippen molar-refractivity contribution >= 4 is 35.4 Å². The molecule has 0 aliphatic rings. The molecule has 1 rings (SSSR count). The Kier molecular flexibility index (Phi) is 8.90. The van der Waals surface area contributed by atoms with Crippen LogP contribution in [0.5, 0.6) is 5.88 Å². The molecule has 0 aliphatic heterocycles. The molecule has 0 aliphatic carbocycles. The molecule has 8 nitrogen and oxygen atoms in total. The van der Waals surface area contributed by atoms with Gasteiger partial charge in [-0.3, -0.25) is 4.57 Å². The predicted molar refractivity (Wildman–Crippen MR) is 94.2 cm³/mol. The minimum atomic E-state index is -0.660. The van der Waals surface area contributed by atoms with Crippen molar-refractivity contribution in [3.63, 3.8) is 0 Å². The molecule has 136 valence electrons. The summed E-state index contributed by atoms with van der Waals surface area (Å²) in [4.78, 5) is 11.7. The molecule has 0 atom stereocenters. The van der Waals surface area contributed by atoms with E-state index in [-0.39, 0.29) is 19.0 Å². The van der Waals surface area contributed by atoms with Gasteiger partial charge in [0.1, 0.15) is 4.88 Å². The van der Waals surface area contributed by atoms with Gasteiger partial charge in [0, 0.05) is 13.2 Å². The normalized spacial score (nSPS) is 11.8. The van der Waals surface area contributed by atoms with Gasteiger partial charge in [-0.1, -0.05) is 11.3 Å². The van der Waals surface area contributed by atoms with Crippen LogP contribution in [0.3, 0.4) is 0 Å². The minimum Gasteiger partial charge on any atom is -0.493 e. The second-order valence-electron chi connectivity index (χ2n) is 4.50. The molecule has 24 heavy (non-hydrogen) atoms. The van der Waals surface area contributed by atoms with Crippen molar-refractivity contribution in [2.24, 2.45) is 5.10 Å². The van der Waals surface area contributed by atoms with E-state index in [1.54, 1.807) is 13.8 Å². The molecule has 2 N–H and O–H groups in total. The highest BCUT2D eigenvalue weighted by Crippen LogP contribution is 2.27. The third-order valence-corrected chi connectivity index (χ3v) is 4.37. The molecule has 0 saturated heterocycles. The number of rotatable bonds is 9. The highest BCUT2D eigenvalue weighted by Gasteiger charge is 2.18. The first-order valence-electron chi connectivity index (χ1n) is 7.57. The van der Waals surface area contributed by atoms with E-state index in [9.17, 15) is 9.90 Å². The number of aromatic nitrogens is 1. The minimum absolute atomic E-state index is 0.0404. The Bertz CT molecular complexity index is 620. The molecule has 0 aromatic carbocycles. The Morgan fingerprint density at radius 1 is 1.33 bits per heavy atom. The molecule has 0 fully saturated rings. The smallest absolute Gasteiger partial charge is 0.427 e. The monoisotopic (exact) mass is 377 g/mol. The third kappa shape index (κ3) is 5.86. The summed E-state index contributed by atoms with van der Waals surface area (Å²) in [5, 5.41) is 14.3. The summed E-state index contributed by atoms with van der Waals surface area (Å²) in [6, 6.07) is 0. The Balaban J connectivity index is 2.94. The highest BCUT2D eigenvalue weighted by atomic mass is 32.1. The van der Waals surface area contributed by atoms with Gasteiger partial charge < -0.3 is 19.3 Å². The fraction of sp³-hybridized carbons (Fsp3) is 0.643. The van der Waals surface area contributed by atoms with Crippen molar-refractivity contribution in [2.75, 3.05) is 19.8 Å². The lowest BCUT2D eigenvalue weighted by atomic mass is 10.3. The maximum atomic E-state index is 11.3. The Morgan fingerprint density at radius 2 is 1.96 bits per heavy atom. The number of hydrazone groups is 1. The molecule has 1 heterocycles. The van der Waals surface area contributed by atoms with Gasteiger partial charge in [0.15, 0.2) is 10.2 Å². The van der Waals surface area contributed by atoms with Gasteiger partial charge in [-0.25, -0.2) is 10.2 Å². The number of aromatic hydroxyl groups is 1. The van der Waals surface area contributed by atoms with E-state index >= 15 is 0 Å². The zero-order valence-corrected chi connectivity index (χ0v) is 15.8. The Hall–Kier alpha value is -1.49. The lowest BCUT2D eigenvalue weighted by Gasteiger charge is -2.17. The zero-order valence-electron chi connectivity index (χ0n) is 14.2. The van der Waals surface area contributed by atoms with E-state index in [0.29, 0.717) is 27.8 Å². The summed E-state index contributed by atoms with van der Waals surface area (Å²) in [6.07, 6.45) is -1.16. The quantitative estimate of drug-likeness (QED) is 0.297. The second kappa shape index (κ2) is 10.4. The van der Waals surface area contributed by atoms with Crippen LogP contribution in [0.25, 0.3) is 0 Å². The Labute approximate surface area is 150 Å². The molecule has 0 spiro atoms.